The largest absolute Gasteiger partial charge is 0.351 e. The van der Waals surface area contributed by atoms with Crippen LogP contribution in [0, 0.1) is 13.8 Å². The summed E-state index contributed by atoms with van der Waals surface area (Å²) in [6, 6.07) is 22.3. The summed E-state index contributed by atoms with van der Waals surface area (Å²) in [7, 11) is 0. The van der Waals surface area contributed by atoms with E-state index < -0.39 is 0 Å². The van der Waals surface area contributed by atoms with E-state index in [0.717, 1.165) is 34.0 Å². The molecule has 0 aliphatic carbocycles. The molecule has 1 saturated heterocycles. The Bertz CT molecular complexity index is 1410. The van der Waals surface area contributed by atoms with Gasteiger partial charge in [0.1, 0.15) is 0 Å². The summed E-state index contributed by atoms with van der Waals surface area (Å²) >= 11 is 18.7. The van der Waals surface area contributed by atoms with E-state index in [1.54, 1.807) is 6.07 Å². The van der Waals surface area contributed by atoms with Crippen LogP contribution in [0.25, 0.3) is 5.69 Å². The molecule has 0 bridgehead atoms. The van der Waals surface area contributed by atoms with Gasteiger partial charge >= 0.3 is 0 Å². The van der Waals surface area contributed by atoms with Crippen LogP contribution in [0.5, 0.6) is 0 Å². The predicted molar refractivity (Wildman–Crippen MR) is 154 cm³/mol. The van der Waals surface area contributed by atoms with Gasteiger partial charge in [0.05, 0.1) is 28.5 Å². The monoisotopic (exact) mass is 534 g/mol. The van der Waals surface area contributed by atoms with Gasteiger partial charge in [0.15, 0.2) is 5.11 Å². The summed E-state index contributed by atoms with van der Waals surface area (Å²) in [6.07, 6.45) is 1.83. The van der Waals surface area contributed by atoms with Crippen molar-refractivity contribution in [2.75, 3.05) is 4.90 Å². The maximum Gasteiger partial charge on any atom is 0.174 e. The number of aromatic nitrogens is 2. The summed E-state index contributed by atoms with van der Waals surface area (Å²) in [4.78, 5) is 6.90. The molecule has 0 amide bonds. The smallest absolute Gasteiger partial charge is 0.174 e. The molecule has 0 unspecified atom stereocenters. The van der Waals surface area contributed by atoms with Crippen LogP contribution in [-0.4, -0.2) is 14.7 Å². The molecule has 2 aromatic carbocycles. The Morgan fingerprint density at radius 1 is 0.972 bits per heavy atom. The van der Waals surface area contributed by atoms with E-state index in [-0.39, 0.29) is 12.1 Å². The van der Waals surface area contributed by atoms with Crippen LogP contribution in [0.1, 0.15) is 60.1 Å². The van der Waals surface area contributed by atoms with Gasteiger partial charge in [-0.2, -0.15) is 0 Å². The summed E-state index contributed by atoms with van der Waals surface area (Å²) in [5.41, 5.74) is 7.53. The number of pyridine rings is 1. The highest BCUT2D eigenvalue weighted by Gasteiger charge is 2.42. The minimum atomic E-state index is -0.113. The Morgan fingerprint density at radius 2 is 1.72 bits per heavy atom. The molecule has 0 spiro atoms. The first-order valence-electron chi connectivity index (χ1n) is 12.0. The molecule has 184 valence electrons. The number of hydrogen-bond acceptors (Lipinski definition) is 2. The summed E-state index contributed by atoms with van der Waals surface area (Å²) in [5.74, 6) is 0.461. The van der Waals surface area contributed by atoms with Crippen LogP contribution in [0.4, 0.5) is 5.69 Å². The third-order valence-electron chi connectivity index (χ3n) is 6.88. The van der Waals surface area contributed by atoms with E-state index in [2.05, 4.69) is 77.8 Å². The third-order valence-corrected chi connectivity index (χ3v) is 7.73. The Kier molecular flexibility index (Phi) is 6.82. The minimum Gasteiger partial charge on any atom is -0.351 e. The van der Waals surface area contributed by atoms with E-state index in [9.17, 15) is 0 Å². The molecule has 4 aromatic rings. The van der Waals surface area contributed by atoms with Gasteiger partial charge in [0.25, 0.3) is 0 Å². The van der Waals surface area contributed by atoms with E-state index in [4.69, 9.17) is 35.4 Å². The Balaban J connectivity index is 1.67. The lowest BCUT2D eigenvalue weighted by molar-refractivity contribution is 0.565. The van der Waals surface area contributed by atoms with Crippen LogP contribution >= 0.6 is 35.4 Å². The standard InChI is InChI=1S/C29H28Cl2N4S/c1-17(2)20-8-11-22(12-9-20)35-28(27(33-29(35)36)25-7-5-6-14-32-25)23-15-18(3)34(19(23)4)26-13-10-21(30)16-24(26)31/h5-17,27-28H,1-4H3,(H,33,36)/t27-,28-/m1/s1. The van der Waals surface area contributed by atoms with Crippen LogP contribution in [-0.2, 0) is 0 Å². The first-order chi connectivity index (χ1) is 17.3. The molecule has 1 aliphatic heterocycles. The van der Waals surface area contributed by atoms with Gasteiger partial charge in [-0.05, 0) is 91.6 Å². The second-order valence-corrected chi connectivity index (χ2v) is 10.7. The van der Waals surface area contributed by atoms with Gasteiger partial charge in [0.2, 0.25) is 0 Å². The van der Waals surface area contributed by atoms with Gasteiger partial charge in [0, 0.05) is 28.3 Å². The Labute approximate surface area is 227 Å². The first kappa shape index (κ1) is 24.8. The number of aryl methyl sites for hydroxylation is 1. The van der Waals surface area contributed by atoms with Crippen molar-refractivity contribution in [3.8, 4) is 5.69 Å². The highest BCUT2D eigenvalue weighted by Crippen LogP contribution is 2.44. The molecule has 36 heavy (non-hydrogen) atoms. The van der Waals surface area contributed by atoms with Crippen molar-refractivity contribution >= 4 is 46.2 Å². The average molecular weight is 536 g/mol. The molecule has 7 heteroatoms. The molecule has 4 nitrogen and oxygen atoms in total. The molecular weight excluding hydrogens is 507 g/mol. The van der Waals surface area contributed by atoms with Crippen molar-refractivity contribution in [2.24, 2.45) is 0 Å². The van der Waals surface area contributed by atoms with Crippen LogP contribution in [0.15, 0.2) is 72.9 Å². The normalized spacial score (nSPS) is 17.6. The first-order valence-corrected chi connectivity index (χ1v) is 13.2. The predicted octanol–water partition coefficient (Wildman–Crippen LogP) is 8.10. The number of thiocarbonyl (C=S) groups is 1. The Hall–Kier alpha value is -2.86. The van der Waals surface area contributed by atoms with Gasteiger partial charge in [-0.15, -0.1) is 0 Å². The maximum atomic E-state index is 6.63. The fourth-order valence-corrected chi connectivity index (χ4v) is 5.93. The lowest BCUT2D eigenvalue weighted by atomic mass is 9.96. The highest BCUT2D eigenvalue weighted by molar-refractivity contribution is 7.80. The highest BCUT2D eigenvalue weighted by atomic mass is 35.5. The molecule has 2 atom stereocenters. The van der Waals surface area contributed by atoms with Crippen molar-refractivity contribution in [3.05, 3.63) is 111 Å². The molecule has 3 heterocycles. The molecule has 1 N–H and O–H groups in total. The molecule has 5 rings (SSSR count). The SMILES string of the molecule is Cc1cc([C@@H]2[C@@H](c3ccccn3)NC(=S)N2c2ccc(C(C)C)cc2)c(C)n1-c1ccc(Cl)cc1Cl. The second-order valence-electron chi connectivity index (χ2n) is 9.50. The minimum absolute atomic E-state index is 0.0941. The molecule has 1 aliphatic rings. The molecule has 0 radical (unpaired) electrons. The van der Waals surface area contributed by atoms with E-state index in [0.29, 0.717) is 21.1 Å². The van der Waals surface area contributed by atoms with Crippen molar-refractivity contribution in [3.63, 3.8) is 0 Å². The fraction of sp³-hybridized carbons (Fsp3) is 0.241. The number of benzene rings is 2. The number of nitrogens with zero attached hydrogens (tertiary/aromatic N) is 3. The van der Waals surface area contributed by atoms with Crippen LogP contribution in [0.3, 0.4) is 0 Å². The molecule has 2 aromatic heterocycles. The Morgan fingerprint density at radius 3 is 2.36 bits per heavy atom. The number of anilines is 1. The summed E-state index contributed by atoms with van der Waals surface area (Å²) in [6.45, 7) is 8.63. The maximum absolute atomic E-state index is 6.63. The van der Waals surface area contributed by atoms with E-state index in [1.165, 1.54) is 5.56 Å². The third kappa shape index (κ3) is 4.40. The van der Waals surface area contributed by atoms with Gasteiger partial charge in [-0.1, -0.05) is 55.2 Å². The number of nitrogens with one attached hydrogen (secondary N) is 1. The zero-order valence-corrected chi connectivity index (χ0v) is 23.0. The topological polar surface area (TPSA) is 33.1 Å². The van der Waals surface area contributed by atoms with Gasteiger partial charge < -0.3 is 14.8 Å². The number of halogens is 2. The van der Waals surface area contributed by atoms with Crippen molar-refractivity contribution in [1.29, 1.82) is 0 Å². The van der Waals surface area contributed by atoms with E-state index in [1.807, 2.05) is 36.5 Å². The lowest BCUT2D eigenvalue weighted by Gasteiger charge is -2.28. The molecule has 0 saturated carbocycles. The van der Waals surface area contributed by atoms with E-state index >= 15 is 0 Å². The van der Waals surface area contributed by atoms with Gasteiger partial charge in [-0.3, -0.25) is 4.98 Å². The second kappa shape index (κ2) is 9.89. The number of rotatable bonds is 5. The van der Waals surface area contributed by atoms with Crippen LogP contribution < -0.4 is 10.2 Å². The summed E-state index contributed by atoms with van der Waals surface area (Å²) < 4.78 is 2.19. The fourth-order valence-electron chi connectivity index (χ4n) is 5.09. The molecule has 1 fully saturated rings. The van der Waals surface area contributed by atoms with Crippen molar-refractivity contribution < 1.29 is 0 Å². The van der Waals surface area contributed by atoms with Gasteiger partial charge in [-0.25, -0.2) is 0 Å². The number of hydrogen-bond donors (Lipinski definition) is 1. The summed E-state index contributed by atoms with van der Waals surface area (Å²) in [5, 5.41) is 5.47. The molecular formula is C29H28Cl2N4S. The zero-order valence-electron chi connectivity index (χ0n) is 20.7. The zero-order chi connectivity index (χ0) is 25.6. The van der Waals surface area contributed by atoms with Crippen molar-refractivity contribution in [1.82, 2.24) is 14.9 Å². The van der Waals surface area contributed by atoms with Crippen molar-refractivity contribution in [2.45, 2.75) is 45.7 Å². The average Bonchev–Trinajstić information content (AvgIpc) is 3.35. The van der Waals surface area contributed by atoms with Crippen LogP contribution in [0.2, 0.25) is 10.0 Å². The lowest BCUT2D eigenvalue weighted by Crippen LogP contribution is -2.29. The quantitative estimate of drug-likeness (QED) is 0.262.